The van der Waals surface area contributed by atoms with Gasteiger partial charge in [0.2, 0.25) is 0 Å². The Morgan fingerprint density at radius 3 is 3.31 bits per heavy atom. The molecule has 1 aliphatic carbocycles. The third-order valence-corrected chi connectivity index (χ3v) is 3.06. The molecule has 1 aliphatic rings. The lowest BCUT2D eigenvalue weighted by molar-refractivity contribution is -0.116. The van der Waals surface area contributed by atoms with Gasteiger partial charge in [-0.3, -0.25) is 9.78 Å². The molecular weight excluding hydrogens is 198 g/mol. The van der Waals surface area contributed by atoms with Crippen LogP contribution in [-0.2, 0) is 11.2 Å². The fourth-order valence-corrected chi connectivity index (χ4v) is 2.24. The van der Waals surface area contributed by atoms with Gasteiger partial charge >= 0.3 is 0 Å². The van der Waals surface area contributed by atoms with Gasteiger partial charge in [-0.1, -0.05) is 19.1 Å². The van der Waals surface area contributed by atoms with Crippen LogP contribution in [-0.4, -0.2) is 10.8 Å². The van der Waals surface area contributed by atoms with Gasteiger partial charge in [-0.05, 0) is 43.4 Å². The summed E-state index contributed by atoms with van der Waals surface area (Å²) in [6, 6.07) is 4.04. The van der Waals surface area contributed by atoms with Crippen LogP contribution in [0.25, 0.3) is 0 Å². The topological polar surface area (TPSA) is 30.0 Å². The van der Waals surface area contributed by atoms with E-state index in [-0.39, 0.29) is 11.7 Å². The maximum atomic E-state index is 12.0. The number of fused-ring (bicyclic) bond motifs is 1. The summed E-state index contributed by atoms with van der Waals surface area (Å²) in [6.07, 6.45) is 9.44. The summed E-state index contributed by atoms with van der Waals surface area (Å²) < 4.78 is 0. The smallest absolute Gasteiger partial charge is 0.164 e. The molecule has 0 saturated heterocycles. The van der Waals surface area contributed by atoms with Gasteiger partial charge in [-0.15, -0.1) is 0 Å². The number of carbonyl (C=O) groups is 1. The highest BCUT2D eigenvalue weighted by atomic mass is 16.1. The molecule has 2 nitrogen and oxygen atoms in total. The van der Waals surface area contributed by atoms with Crippen molar-refractivity contribution in [2.75, 3.05) is 0 Å². The molecule has 0 N–H and O–H groups in total. The second-order valence-corrected chi connectivity index (χ2v) is 4.21. The molecule has 0 radical (unpaired) electrons. The van der Waals surface area contributed by atoms with Crippen LogP contribution in [0.3, 0.4) is 0 Å². The molecule has 0 fully saturated rings. The van der Waals surface area contributed by atoms with Crippen LogP contribution in [0.1, 0.15) is 43.4 Å². The molecule has 1 unspecified atom stereocenters. The van der Waals surface area contributed by atoms with E-state index >= 15 is 0 Å². The number of rotatable bonds is 3. The monoisotopic (exact) mass is 215 g/mol. The third-order valence-electron chi connectivity index (χ3n) is 3.06. The first-order valence-corrected chi connectivity index (χ1v) is 5.97. The highest BCUT2D eigenvalue weighted by Gasteiger charge is 2.25. The minimum Gasteiger partial charge on any atom is -0.294 e. The minimum atomic E-state index is -0.00671. The molecule has 0 bridgehead atoms. The number of pyridine rings is 1. The van der Waals surface area contributed by atoms with Gasteiger partial charge in [0.15, 0.2) is 5.78 Å². The van der Waals surface area contributed by atoms with Crippen LogP contribution in [0.15, 0.2) is 30.5 Å². The first-order chi connectivity index (χ1) is 7.83. The molecule has 16 heavy (non-hydrogen) atoms. The number of aryl methyl sites for hydroxylation is 1. The number of allylic oxidation sites excluding steroid dienone is 2. The number of aromatic nitrogens is 1. The second-order valence-electron chi connectivity index (χ2n) is 4.21. The summed E-state index contributed by atoms with van der Waals surface area (Å²) in [4.78, 5) is 16.4. The molecular formula is C14H17NO. The van der Waals surface area contributed by atoms with Gasteiger partial charge in [0, 0.05) is 6.20 Å². The Labute approximate surface area is 96.4 Å². The highest BCUT2D eigenvalue weighted by Crippen LogP contribution is 2.30. The quantitative estimate of drug-likeness (QED) is 0.725. The summed E-state index contributed by atoms with van der Waals surface area (Å²) in [5.41, 5.74) is 2.25. The van der Waals surface area contributed by atoms with Crippen molar-refractivity contribution in [1.29, 1.82) is 0 Å². The predicted octanol–water partition coefficient (Wildman–Crippen LogP) is 3.04. The molecule has 1 atom stereocenters. The number of hydrogen-bond acceptors (Lipinski definition) is 2. The highest BCUT2D eigenvalue weighted by molar-refractivity contribution is 5.95. The zero-order chi connectivity index (χ0) is 11.4. The van der Waals surface area contributed by atoms with E-state index in [9.17, 15) is 4.79 Å². The van der Waals surface area contributed by atoms with Crippen LogP contribution >= 0.6 is 0 Å². The number of ketones is 1. The molecule has 0 aromatic carbocycles. The normalized spacial score (nSPS) is 19.7. The first-order valence-electron chi connectivity index (χ1n) is 5.97. The van der Waals surface area contributed by atoms with Crippen molar-refractivity contribution < 1.29 is 4.79 Å². The van der Waals surface area contributed by atoms with E-state index in [1.165, 1.54) is 5.56 Å². The van der Waals surface area contributed by atoms with Crippen LogP contribution < -0.4 is 0 Å². The Morgan fingerprint density at radius 1 is 1.62 bits per heavy atom. The Balaban J connectivity index is 2.25. The van der Waals surface area contributed by atoms with E-state index in [4.69, 9.17) is 0 Å². The Hall–Kier alpha value is -1.44. The number of nitrogens with zero attached hydrogens (tertiary/aromatic N) is 1. The lowest BCUT2D eigenvalue weighted by Gasteiger charge is -2.21. The standard InChI is InChI=1S/C14H17NO/c1-2-3-9-13(16)12-8-4-6-11-7-5-10-15-14(11)12/h3,5,7,9-10,12H,2,4,6,8H2,1H3/b9-3+. The molecule has 0 spiro atoms. The SMILES string of the molecule is CC/C=C/C(=O)C1CCCc2cccnc21. The first kappa shape index (κ1) is 11.1. The zero-order valence-electron chi connectivity index (χ0n) is 9.65. The molecule has 1 aromatic heterocycles. The lowest BCUT2D eigenvalue weighted by Crippen LogP contribution is -2.18. The van der Waals surface area contributed by atoms with Crippen molar-refractivity contribution in [3.05, 3.63) is 41.7 Å². The van der Waals surface area contributed by atoms with E-state index in [1.807, 2.05) is 19.1 Å². The average molecular weight is 215 g/mol. The van der Waals surface area contributed by atoms with E-state index in [1.54, 1.807) is 12.3 Å². The van der Waals surface area contributed by atoms with Crippen molar-refractivity contribution in [2.45, 2.75) is 38.5 Å². The van der Waals surface area contributed by atoms with E-state index in [2.05, 4.69) is 11.1 Å². The fourth-order valence-electron chi connectivity index (χ4n) is 2.24. The summed E-state index contributed by atoms with van der Waals surface area (Å²) in [5, 5.41) is 0. The van der Waals surface area contributed by atoms with Crippen molar-refractivity contribution in [2.24, 2.45) is 0 Å². The molecule has 2 heteroatoms. The summed E-state index contributed by atoms with van der Waals surface area (Å²) in [7, 11) is 0. The molecule has 1 aromatic rings. The van der Waals surface area contributed by atoms with E-state index < -0.39 is 0 Å². The van der Waals surface area contributed by atoms with Crippen molar-refractivity contribution in [3.8, 4) is 0 Å². The van der Waals surface area contributed by atoms with Crippen molar-refractivity contribution in [1.82, 2.24) is 4.98 Å². The molecule has 0 amide bonds. The summed E-state index contributed by atoms with van der Waals surface area (Å²) in [6.45, 7) is 2.04. The van der Waals surface area contributed by atoms with Gasteiger partial charge in [0.05, 0.1) is 11.6 Å². The molecule has 0 aliphatic heterocycles. The summed E-state index contributed by atoms with van der Waals surface area (Å²) in [5.74, 6) is 0.203. The Bertz CT molecular complexity index is 409. The van der Waals surface area contributed by atoms with Crippen LogP contribution in [0.4, 0.5) is 0 Å². The van der Waals surface area contributed by atoms with Gasteiger partial charge in [-0.25, -0.2) is 0 Å². The average Bonchev–Trinajstić information content (AvgIpc) is 2.35. The molecule has 1 heterocycles. The van der Waals surface area contributed by atoms with Crippen molar-refractivity contribution >= 4 is 5.78 Å². The Morgan fingerprint density at radius 2 is 2.50 bits per heavy atom. The number of hydrogen-bond donors (Lipinski definition) is 0. The number of carbonyl (C=O) groups excluding carboxylic acids is 1. The van der Waals surface area contributed by atoms with Gasteiger partial charge in [0.1, 0.15) is 0 Å². The predicted molar refractivity (Wildman–Crippen MR) is 64.4 cm³/mol. The van der Waals surface area contributed by atoms with Gasteiger partial charge in [-0.2, -0.15) is 0 Å². The van der Waals surface area contributed by atoms with Crippen LogP contribution in [0.5, 0.6) is 0 Å². The lowest BCUT2D eigenvalue weighted by atomic mass is 9.84. The molecule has 0 saturated carbocycles. The van der Waals surface area contributed by atoms with E-state index in [0.717, 1.165) is 31.4 Å². The fraction of sp³-hybridized carbons (Fsp3) is 0.429. The Kier molecular flexibility index (Phi) is 3.50. The molecule has 84 valence electrons. The van der Waals surface area contributed by atoms with E-state index in [0.29, 0.717) is 0 Å². The molecule has 2 rings (SSSR count). The third kappa shape index (κ3) is 2.21. The maximum absolute atomic E-state index is 12.0. The summed E-state index contributed by atoms with van der Waals surface area (Å²) >= 11 is 0. The minimum absolute atomic E-state index is 0.00671. The second kappa shape index (κ2) is 5.06. The van der Waals surface area contributed by atoms with Gasteiger partial charge < -0.3 is 0 Å². The van der Waals surface area contributed by atoms with Crippen LogP contribution in [0.2, 0.25) is 0 Å². The van der Waals surface area contributed by atoms with Crippen molar-refractivity contribution in [3.63, 3.8) is 0 Å². The largest absolute Gasteiger partial charge is 0.294 e. The van der Waals surface area contributed by atoms with Gasteiger partial charge in [0.25, 0.3) is 0 Å². The zero-order valence-corrected chi connectivity index (χ0v) is 9.65. The maximum Gasteiger partial charge on any atom is 0.164 e. The van der Waals surface area contributed by atoms with Crippen LogP contribution in [0, 0.1) is 0 Å².